The molecule has 0 aromatic heterocycles. The molecule has 3 N–H and O–H groups in total. The predicted molar refractivity (Wildman–Crippen MR) is 99.5 cm³/mol. The Morgan fingerprint density at radius 3 is 2.29 bits per heavy atom. The second-order valence-corrected chi connectivity index (χ2v) is 6.52. The van der Waals surface area contributed by atoms with Gasteiger partial charge >= 0.3 is 5.97 Å². The van der Waals surface area contributed by atoms with E-state index in [1.807, 2.05) is 0 Å². The van der Waals surface area contributed by atoms with Gasteiger partial charge in [-0.25, -0.2) is 0 Å². The van der Waals surface area contributed by atoms with Crippen molar-refractivity contribution in [1.82, 2.24) is 5.32 Å². The summed E-state index contributed by atoms with van der Waals surface area (Å²) in [5.74, 6) is -0.777. The normalized spacial score (nSPS) is 18.7. The summed E-state index contributed by atoms with van der Waals surface area (Å²) in [6.45, 7) is -0.352. The zero-order chi connectivity index (χ0) is 20.7. The molecule has 2 rings (SSSR count). The van der Waals surface area contributed by atoms with E-state index in [9.17, 15) is 14.4 Å². The summed E-state index contributed by atoms with van der Waals surface area (Å²) in [5.41, 5.74) is 5.41. The molecule has 2 amide bonds. The van der Waals surface area contributed by atoms with Crippen LogP contribution >= 0.6 is 0 Å². The number of nitrogens with one attached hydrogen (secondary N) is 1. The number of amides is 2. The van der Waals surface area contributed by atoms with Gasteiger partial charge in [0, 0.05) is 11.6 Å². The minimum atomic E-state index is -0.650. The molecule has 1 fully saturated rings. The molecule has 1 aliphatic rings. The molecule has 9 nitrogen and oxygen atoms in total. The first kappa shape index (κ1) is 21.3. The number of primary amides is 1. The van der Waals surface area contributed by atoms with Crippen molar-refractivity contribution in [2.45, 2.75) is 31.7 Å². The van der Waals surface area contributed by atoms with E-state index in [-0.39, 0.29) is 47.7 Å². The van der Waals surface area contributed by atoms with E-state index in [1.165, 1.54) is 33.5 Å². The van der Waals surface area contributed by atoms with Crippen LogP contribution in [0.2, 0.25) is 0 Å². The Morgan fingerprint density at radius 1 is 1.11 bits per heavy atom. The van der Waals surface area contributed by atoms with Crippen LogP contribution in [-0.4, -0.2) is 51.8 Å². The topological polar surface area (TPSA) is 126 Å². The van der Waals surface area contributed by atoms with Crippen molar-refractivity contribution in [3.05, 3.63) is 17.7 Å². The molecule has 0 bridgehead atoms. The molecule has 0 saturated heterocycles. The van der Waals surface area contributed by atoms with Gasteiger partial charge in [-0.3, -0.25) is 14.4 Å². The van der Waals surface area contributed by atoms with Gasteiger partial charge in [-0.05, 0) is 31.4 Å². The first-order chi connectivity index (χ1) is 13.4. The number of methoxy groups -OCH3 is 3. The van der Waals surface area contributed by atoms with Crippen molar-refractivity contribution in [3.63, 3.8) is 0 Å². The predicted octanol–water partition coefficient (Wildman–Crippen LogP) is 1.03. The fourth-order valence-corrected chi connectivity index (χ4v) is 3.27. The van der Waals surface area contributed by atoms with Gasteiger partial charge < -0.3 is 30.0 Å². The molecule has 1 aromatic carbocycles. The number of ether oxygens (including phenoxy) is 4. The number of nitrogens with two attached hydrogens (primary N) is 1. The van der Waals surface area contributed by atoms with E-state index in [0.29, 0.717) is 12.0 Å². The molecule has 0 radical (unpaired) electrons. The van der Waals surface area contributed by atoms with Crippen molar-refractivity contribution in [3.8, 4) is 17.2 Å². The van der Waals surface area contributed by atoms with Crippen LogP contribution in [0.1, 0.15) is 36.0 Å². The van der Waals surface area contributed by atoms with Gasteiger partial charge in [-0.2, -0.15) is 0 Å². The van der Waals surface area contributed by atoms with Gasteiger partial charge in [-0.1, -0.05) is 6.42 Å². The molecular formula is C19H26N2O7. The van der Waals surface area contributed by atoms with Crippen LogP contribution in [-0.2, 0) is 14.3 Å². The Labute approximate surface area is 163 Å². The first-order valence-electron chi connectivity index (χ1n) is 8.95. The fourth-order valence-electron chi connectivity index (χ4n) is 3.27. The van der Waals surface area contributed by atoms with E-state index >= 15 is 0 Å². The zero-order valence-corrected chi connectivity index (χ0v) is 16.3. The summed E-state index contributed by atoms with van der Waals surface area (Å²) in [6.07, 6.45) is 2.91. The molecular weight excluding hydrogens is 368 g/mol. The summed E-state index contributed by atoms with van der Waals surface area (Å²) in [5, 5.41) is 2.94. The molecule has 9 heteroatoms. The van der Waals surface area contributed by atoms with E-state index in [4.69, 9.17) is 24.7 Å². The van der Waals surface area contributed by atoms with Gasteiger partial charge in [0.1, 0.15) is 0 Å². The number of carbonyl (C=O) groups excluding carboxylic acids is 3. The van der Waals surface area contributed by atoms with Crippen LogP contribution in [0.25, 0.3) is 0 Å². The summed E-state index contributed by atoms with van der Waals surface area (Å²) in [6, 6.07) is 2.86. The van der Waals surface area contributed by atoms with E-state index in [2.05, 4.69) is 5.32 Å². The quantitative estimate of drug-likeness (QED) is 0.631. The van der Waals surface area contributed by atoms with Crippen LogP contribution in [0, 0.1) is 5.92 Å². The molecule has 28 heavy (non-hydrogen) atoms. The maximum absolute atomic E-state index is 12.7. The number of carbonyl (C=O) groups is 3. The lowest BCUT2D eigenvalue weighted by molar-refractivity contribution is -0.146. The lowest BCUT2D eigenvalue weighted by atomic mass is 9.85. The fraction of sp³-hybridized carbons (Fsp3) is 0.526. The summed E-state index contributed by atoms with van der Waals surface area (Å²) in [4.78, 5) is 35.5. The Kier molecular flexibility index (Phi) is 7.48. The summed E-state index contributed by atoms with van der Waals surface area (Å²) < 4.78 is 20.7. The number of benzene rings is 1. The van der Waals surface area contributed by atoms with Crippen LogP contribution in [0.15, 0.2) is 12.1 Å². The second-order valence-electron chi connectivity index (χ2n) is 6.52. The monoisotopic (exact) mass is 394 g/mol. The minimum Gasteiger partial charge on any atom is -0.493 e. The molecule has 0 spiro atoms. The Hall–Kier alpha value is -2.97. The van der Waals surface area contributed by atoms with Crippen molar-refractivity contribution >= 4 is 17.8 Å². The average Bonchev–Trinajstić information content (AvgIpc) is 2.70. The highest BCUT2D eigenvalue weighted by Crippen LogP contribution is 2.38. The Morgan fingerprint density at radius 2 is 1.75 bits per heavy atom. The smallest absolute Gasteiger partial charge is 0.308 e. The van der Waals surface area contributed by atoms with Crippen LogP contribution < -0.4 is 25.3 Å². The van der Waals surface area contributed by atoms with Crippen LogP contribution in [0.5, 0.6) is 17.2 Å². The number of esters is 1. The highest BCUT2D eigenvalue weighted by Gasteiger charge is 2.29. The number of hydrogen-bond donors (Lipinski definition) is 2. The van der Waals surface area contributed by atoms with E-state index in [1.54, 1.807) is 0 Å². The Bertz CT molecular complexity index is 710. The number of hydrogen-bond acceptors (Lipinski definition) is 7. The average molecular weight is 394 g/mol. The van der Waals surface area contributed by atoms with Crippen molar-refractivity contribution < 1.29 is 33.3 Å². The standard InChI is InChI=1S/C19H26N2O7/c1-25-14-8-12(9-15(26-2)17(14)28-10-16(20)22)18(23)21-13-6-4-5-11(7-13)19(24)27-3/h8-9,11,13H,4-7,10H2,1-3H3,(H2,20,22)(H,21,23)/t11-,13+/m0/s1. The van der Waals surface area contributed by atoms with Gasteiger partial charge in [0.15, 0.2) is 18.1 Å². The molecule has 0 heterocycles. The van der Waals surface area contributed by atoms with Crippen LogP contribution in [0.4, 0.5) is 0 Å². The highest BCUT2D eigenvalue weighted by molar-refractivity contribution is 5.96. The van der Waals surface area contributed by atoms with E-state index < -0.39 is 5.91 Å². The molecule has 1 saturated carbocycles. The molecule has 1 aliphatic carbocycles. The van der Waals surface area contributed by atoms with E-state index in [0.717, 1.165) is 19.3 Å². The second kappa shape index (κ2) is 9.82. The lowest BCUT2D eigenvalue weighted by Crippen LogP contribution is -2.40. The van der Waals surface area contributed by atoms with Gasteiger partial charge in [0.2, 0.25) is 5.75 Å². The highest BCUT2D eigenvalue weighted by atomic mass is 16.5. The van der Waals surface area contributed by atoms with Crippen molar-refractivity contribution in [1.29, 1.82) is 0 Å². The maximum atomic E-state index is 12.7. The van der Waals surface area contributed by atoms with Crippen molar-refractivity contribution in [2.24, 2.45) is 11.7 Å². The minimum absolute atomic E-state index is 0.131. The Balaban J connectivity index is 2.16. The largest absolute Gasteiger partial charge is 0.493 e. The molecule has 2 atom stereocenters. The summed E-state index contributed by atoms with van der Waals surface area (Å²) >= 11 is 0. The third-order valence-electron chi connectivity index (χ3n) is 4.63. The SMILES string of the molecule is COC(=O)[C@H]1CCC[C@@H](NC(=O)c2cc(OC)c(OCC(N)=O)c(OC)c2)C1. The zero-order valence-electron chi connectivity index (χ0n) is 16.3. The molecule has 0 aliphatic heterocycles. The van der Waals surface area contributed by atoms with Crippen molar-refractivity contribution in [2.75, 3.05) is 27.9 Å². The molecule has 154 valence electrons. The lowest BCUT2D eigenvalue weighted by Gasteiger charge is -2.28. The molecule has 1 aromatic rings. The third kappa shape index (κ3) is 5.28. The summed E-state index contributed by atoms with van der Waals surface area (Å²) in [7, 11) is 4.19. The first-order valence-corrected chi connectivity index (χ1v) is 8.95. The molecule has 0 unspecified atom stereocenters. The number of rotatable bonds is 8. The van der Waals surface area contributed by atoms with Gasteiger partial charge in [0.05, 0.1) is 27.2 Å². The third-order valence-corrected chi connectivity index (χ3v) is 4.63. The van der Waals surface area contributed by atoms with Crippen LogP contribution in [0.3, 0.4) is 0 Å². The van der Waals surface area contributed by atoms with Gasteiger partial charge in [0.25, 0.3) is 11.8 Å². The maximum Gasteiger partial charge on any atom is 0.308 e. The van der Waals surface area contributed by atoms with Gasteiger partial charge in [-0.15, -0.1) is 0 Å².